The van der Waals surface area contributed by atoms with Crippen molar-refractivity contribution in [3.05, 3.63) is 24.3 Å². The van der Waals surface area contributed by atoms with E-state index in [1.165, 1.54) is 6.92 Å². The topological polar surface area (TPSA) is 125 Å². The zero-order valence-electron chi connectivity index (χ0n) is 14.4. The molecule has 0 amide bonds. The van der Waals surface area contributed by atoms with Crippen LogP contribution in [0.4, 0.5) is 0 Å². The number of ether oxygens (including phenoxy) is 2. The first kappa shape index (κ1) is 24.7. The molecule has 0 aliphatic heterocycles. The Morgan fingerprint density at radius 2 is 1.46 bits per heavy atom. The highest BCUT2D eigenvalue weighted by Crippen LogP contribution is 2.29. The van der Waals surface area contributed by atoms with Crippen molar-refractivity contribution in [3.63, 3.8) is 0 Å². The number of hydrogen-bond donors (Lipinski definition) is 1. The molecule has 24 heavy (non-hydrogen) atoms. The van der Waals surface area contributed by atoms with Crippen molar-refractivity contribution in [1.82, 2.24) is 4.90 Å². The number of phosphoric acid groups is 1. The Morgan fingerprint density at radius 3 is 1.79 bits per heavy atom. The number of likely N-dealkylation sites (N-methyl/N-ethyl adjacent to an activating group) is 1. The average Bonchev–Trinajstić information content (AvgIpc) is 2.42. The fourth-order valence-electron chi connectivity index (χ4n) is 0.854. The summed E-state index contributed by atoms with van der Waals surface area (Å²) in [4.78, 5) is 41.5. The van der Waals surface area contributed by atoms with Gasteiger partial charge in [-0.3, -0.25) is 4.57 Å². The number of hydrogen-bond acceptors (Lipinski definition) is 8. The number of nitrogens with zero attached hydrogens (tertiary/aromatic N) is 1. The number of carbonyl (C=O) groups is 2. The molecule has 0 rings (SSSR count). The van der Waals surface area contributed by atoms with E-state index in [4.69, 9.17) is 9.63 Å². The van der Waals surface area contributed by atoms with Crippen LogP contribution in [0.2, 0.25) is 0 Å². The number of carbonyl (C=O) groups excluding carboxylic acids is 2. The van der Waals surface area contributed by atoms with Gasteiger partial charge in [-0.1, -0.05) is 13.2 Å². The standard InChI is InChI=1S/C8H15NO2.C6H11O6P/c1-7(2)8(10)11-6-5-9(3)4;1-5(2)6(7)11-3-4-12-13(8,9)10/h1,5-6H2,2-4H3;1,3-4H2,2H3,(H2,8,9,10)/p-1. The molecule has 0 saturated heterocycles. The normalized spacial score (nSPS) is 12.5. The summed E-state index contributed by atoms with van der Waals surface area (Å²) in [6.45, 7) is 10.4. The van der Waals surface area contributed by atoms with Crippen LogP contribution in [-0.2, 0) is 28.2 Å². The van der Waals surface area contributed by atoms with Crippen LogP contribution in [0.3, 0.4) is 0 Å². The van der Waals surface area contributed by atoms with E-state index in [0.717, 1.165) is 6.54 Å². The molecule has 0 aromatic rings. The van der Waals surface area contributed by atoms with Crippen LogP contribution in [0, 0.1) is 0 Å². The summed E-state index contributed by atoms with van der Waals surface area (Å²) in [5, 5.41) is 0. The van der Waals surface area contributed by atoms with Crippen LogP contribution >= 0.6 is 7.82 Å². The van der Waals surface area contributed by atoms with E-state index in [1.54, 1.807) is 6.92 Å². The lowest BCUT2D eigenvalue weighted by Gasteiger charge is -2.14. The maximum Gasteiger partial charge on any atom is 0.333 e. The van der Waals surface area contributed by atoms with Crippen molar-refractivity contribution < 1.29 is 37.9 Å². The van der Waals surface area contributed by atoms with Gasteiger partial charge in [0.05, 0.1) is 6.61 Å². The second kappa shape index (κ2) is 12.9. The summed E-state index contributed by atoms with van der Waals surface area (Å²) in [5.74, 6) is -0.950. The fourth-order valence-corrected chi connectivity index (χ4v) is 1.16. The van der Waals surface area contributed by atoms with Crippen LogP contribution in [0.1, 0.15) is 13.8 Å². The van der Waals surface area contributed by atoms with Crippen molar-refractivity contribution in [2.45, 2.75) is 13.8 Å². The molecule has 1 N–H and O–H groups in total. The van der Waals surface area contributed by atoms with E-state index in [9.17, 15) is 19.0 Å². The second-order valence-corrected chi connectivity index (χ2v) is 6.13. The highest BCUT2D eigenvalue weighted by Gasteiger charge is 2.05. The molecule has 140 valence electrons. The van der Waals surface area contributed by atoms with Gasteiger partial charge in [-0.15, -0.1) is 0 Å². The molecule has 0 aliphatic rings. The monoisotopic (exact) mass is 366 g/mol. The van der Waals surface area contributed by atoms with Gasteiger partial charge in [-0.05, 0) is 27.9 Å². The highest BCUT2D eigenvalue weighted by molar-refractivity contribution is 7.44. The predicted molar refractivity (Wildman–Crippen MR) is 85.9 cm³/mol. The lowest BCUT2D eigenvalue weighted by atomic mass is 10.4. The van der Waals surface area contributed by atoms with Gasteiger partial charge < -0.3 is 28.7 Å². The third kappa shape index (κ3) is 18.5. The Bertz CT molecular complexity index is 483. The molecule has 10 heteroatoms. The van der Waals surface area contributed by atoms with Crippen molar-refractivity contribution in [3.8, 4) is 0 Å². The number of rotatable bonds is 9. The molecule has 0 aliphatic carbocycles. The Labute approximate surface area is 142 Å². The second-order valence-electron chi connectivity index (χ2n) is 4.94. The molecule has 1 atom stereocenters. The molecular weight excluding hydrogens is 341 g/mol. The van der Waals surface area contributed by atoms with E-state index >= 15 is 0 Å². The SMILES string of the molecule is C=C(C)C(=O)OCCN(C)C.C=C(C)C(=O)OCCOP(=O)([O-])O. The average molecular weight is 366 g/mol. The molecule has 0 fully saturated rings. The molecule has 0 radical (unpaired) electrons. The largest absolute Gasteiger partial charge is 0.756 e. The van der Waals surface area contributed by atoms with Gasteiger partial charge in [0.1, 0.15) is 13.2 Å². The summed E-state index contributed by atoms with van der Waals surface area (Å²) < 4.78 is 23.2. The van der Waals surface area contributed by atoms with Gasteiger partial charge >= 0.3 is 11.9 Å². The van der Waals surface area contributed by atoms with E-state index < -0.39 is 20.4 Å². The first-order chi connectivity index (χ1) is 10.9. The predicted octanol–water partition coefficient (Wildman–Crippen LogP) is 0.250. The highest BCUT2D eigenvalue weighted by atomic mass is 31.2. The molecule has 0 saturated carbocycles. The molecule has 9 nitrogen and oxygen atoms in total. The molecule has 0 spiro atoms. The third-order valence-corrected chi connectivity index (χ3v) is 2.55. The van der Waals surface area contributed by atoms with Crippen molar-refractivity contribution in [1.29, 1.82) is 0 Å². The molecule has 0 bridgehead atoms. The van der Waals surface area contributed by atoms with Gasteiger partial charge in [-0.25, -0.2) is 9.59 Å². The minimum Gasteiger partial charge on any atom is -0.756 e. The van der Waals surface area contributed by atoms with Crippen LogP contribution < -0.4 is 4.89 Å². The lowest BCUT2D eigenvalue weighted by molar-refractivity contribution is -0.220. The Kier molecular flexibility index (Phi) is 13.3. The minimum absolute atomic E-state index is 0.203. The van der Waals surface area contributed by atoms with Crippen LogP contribution in [-0.4, -0.2) is 62.2 Å². The summed E-state index contributed by atoms with van der Waals surface area (Å²) in [5.41, 5.74) is 0.651. The number of esters is 2. The van der Waals surface area contributed by atoms with Gasteiger partial charge in [0.2, 0.25) is 0 Å². The van der Waals surface area contributed by atoms with Gasteiger partial charge in [0, 0.05) is 17.7 Å². The van der Waals surface area contributed by atoms with Crippen LogP contribution in [0.15, 0.2) is 24.3 Å². The van der Waals surface area contributed by atoms with E-state index in [2.05, 4.69) is 22.4 Å². The summed E-state index contributed by atoms with van der Waals surface area (Å²) in [6, 6.07) is 0. The summed E-state index contributed by atoms with van der Waals surface area (Å²) in [6.07, 6.45) is 0. The number of phosphoric ester groups is 1. The van der Waals surface area contributed by atoms with Crippen molar-refractivity contribution >= 4 is 19.8 Å². The maximum atomic E-state index is 10.8. The Morgan fingerprint density at radius 1 is 1.04 bits per heavy atom. The summed E-state index contributed by atoms with van der Waals surface area (Å²) >= 11 is 0. The quantitative estimate of drug-likeness (QED) is 0.264. The minimum atomic E-state index is -4.71. The third-order valence-electron chi connectivity index (χ3n) is 2.04. The van der Waals surface area contributed by atoms with Gasteiger partial charge in [0.15, 0.2) is 0 Å². The van der Waals surface area contributed by atoms with Crippen LogP contribution in [0.5, 0.6) is 0 Å². The Balaban J connectivity index is 0. The van der Waals surface area contributed by atoms with E-state index in [1.807, 2.05) is 19.0 Å². The first-order valence-corrected chi connectivity index (χ1v) is 8.34. The molecular formula is C14H25NO8P-. The van der Waals surface area contributed by atoms with Gasteiger partial charge in [0.25, 0.3) is 7.82 Å². The van der Waals surface area contributed by atoms with Gasteiger partial charge in [-0.2, -0.15) is 0 Å². The zero-order valence-corrected chi connectivity index (χ0v) is 15.3. The van der Waals surface area contributed by atoms with Crippen LogP contribution in [0.25, 0.3) is 0 Å². The smallest absolute Gasteiger partial charge is 0.333 e. The summed E-state index contributed by atoms with van der Waals surface area (Å²) in [7, 11) is -0.863. The van der Waals surface area contributed by atoms with Crippen molar-refractivity contribution in [2.24, 2.45) is 0 Å². The zero-order chi connectivity index (χ0) is 19.3. The van der Waals surface area contributed by atoms with E-state index in [0.29, 0.717) is 12.2 Å². The van der Waals surface area contributed by atoms with E-state index in [-0.39, 0.29) is 18.1 Å². The fraction of sp³-hybridized carbons (Fsp3) is 0.571. The maximum absolute atomic E-state index is 10.8. The lowest BCUT2D eigenvalue weighted by Crippen LogP contribution is -2.20. The molecule has 1 unspecified atom stereocenters. The molecule has 0 heterocycles. The molecule has 0 aromatic carbocycles. The first-order valence-electron chi connectivity index (χ1n) is 6.85. The molecule has 0 aromatic heterocycles. The van der Waals surface area contributed by atoms with Crippen molar-refractivity contribution in [2.75, 3.05) is 40.5 Å². The Hall–Kier alpha value is -1.51.